The zero-order valence-electron chi connectivity index (χ0n) is 30.0. The third-order valence-corrected chi connectivity index (χ3v) is 11.0. The SMILES string of the molecule is C[Si](C)(C)c1cc2c(-c3cccc4ccccc34)cccc2[cH-]1.C[Si]C.Cc1cc2c(-c3cccc4ccccc34)ccc(C)c2[cH-]1.[Cl][Zr+2][Cl]. The van der Waals surface area contributed by atoms with E-state index in [0.717, 1.165) is 9.52 Å². The van der Waals surface area contributed by atoms with Crippen LogP contribution in [0, 0.1) is 13.8 Å². The predicted octanol–water partition coefficient (Wildman–Crippen LogP) is 14.1. The van der Waals surface area contributed by atoms with Gasteiger partial charge in [0.05, 0.1) is 8.07 Å². The van der Waals surface area contributed by atoms with E-state index in [-0.39, 0.29) is 0 Å². The molecule has 0 amide bonds. The van der Waals surface area contributed by atoms with Crippen LogP contribution >= 0.6 is 17.0 Å². The monoisotopic (exact) mass is 800 g/mol. The Kier molecular flexibility index (Phi) is 13.3. The average Bonchev–Trinajstić information content (AvgIpc) is 3.74. The number of halogens is 2. The van der Waals surface area contributed by atoms with Crippen molar-refractivity contribution in [3.8, 4) is 22.3 Å². The van der Waals surface area contributed by atoms with Crippen molar-refractivity contribution >= 4 is 82.9 Å². The van der Waals surface area contributed by atoms with E-state index in [2.05, 4.69) is 186 Å². The van der Waals surface area contributed by atoms with Crippen molar-refractivity contribution in [3.05, 3.63) is 151 Å². The first-order chi connectivity index (χ1) is 24.1. The van der Waals surface area contributed by atoms with Gasteiger partial charge in [0.15, 0.2) is 0 Å². The molecule has 0 saturated heterocycles. The Balaban J connectivity index is 0.000000169. The Morgan fingerprint density at radius 3 is 1.54 bits per heavy atom. The fraction of sp³-hybridized carbons (Fsp3) is 0.156. The van der Waals surface area contributed by atoms with Crippen LogP contribution in [0.2, 0.25) is 32.7 Å². The Morgan fingerprint density at radius 2 is 1.00 bits per heavy atom. The molecule has 8 aromatic carbocycles. The first kappa shape index (κ1) is 38.2. The molecule has 0 nitrogen and oxygen atoms in total. The van der Waals surface area contributed by atoms with Crippen LogP contribution in [0.3, 0.4) is 0 Å². The summed E-state index contributed by atoms with van der Waals surface area (Å²) in [5.41, 5.74) is 8.03. The van der Waals surface area contributed by atoms with Gasteiger partial charge in [0.25, 0.3) is 0 Å². The van der Waals surface area contributed by atoms with Gasteiger partial charge < -0.3 is 0 Å². The van der Waals surface area contributed by atoms with Crippen molar-refractivity contribution in [2.45, 2.75) is 46.6 Å². The Morgan fingerprint density at radius 1 is 0.540 bits per heavy atom. The van der Waals surface area contributed by atoms with Crippen LogP contribution in [0.25, 0.3) is 65.3 Å². The molecule has 0 spiro atoms. The maximum atomic E-state index is 4.93. The van der Waals surface area contributed by atoms with Crippen LogP contribution in [0.4, 0.5) is 0 Å². The summed E-state index contributed by atoms with van der Waals surface area (Å²) in [6.07, 6.45) is 0. The van der Waals surface area contributed by atoms with Crippen molar-refractivity contribution in [1.82, 2.24) is 0 Å². The zero-order valence-corrected chi connectivity index (χ0v) is 36.0. The van der Waals surface area contributed by atoms with Gasteiger partial charge in [-0.15, -0.1) is 68.2 Å². The van der Waals surface area contributed by atoms with Gasteiger partial charge in [-0.25, -0.2) is 0 Å². The van der Waals surface area contributed by atoms with E-state index in [1.165, 1.54) is 76.5 Å². The quantitative estimate of drug-likeness (QED) is 0.123. The minimum absolute atomic E-state index is 0.826. The molecular weight excluding hydrogens is 759 g/mol. The minimum atomic E-state index is -1.29. The summed E-state index contributed by atoms with van der Waals surface area (Å²) < 4.78 is 0. The molecule has 0 aromatic heterocycles. The molecule has 0 N–H and O–H groups in total. The van der Waals surface area contributed by atoms with E-state index in [1.54, 1.807) is 5.19 Å². The Bertz CT molecular complexity index is 2330. The molecule has 2 radical (unpaired) electrons. The third-order valence-electron chi connectivity index (χ3n) is 9.03. The van der Waals surface area contributed by atoms with Crippen molar-refractivity contribution in [2.75, 3.05) is 0 Å². The van der Waals surface area contributed by atoms with Gasteiger partial charge in [-0.05, 0) is 32.7 Å². The van der Waals surface area contributed by atoms with Gasteiger partial charge in [0, 0.05) is 9.52 Å². The number of hydrogen-bond donors (Lipinski definition) is 0. The number of benzene rings is 6. The van der Waals surface area contributed by atoms with Gasteiger partial charge in [0.2, 0.25) is 0 Å². The van der Waals surface area contributed by atoms with Gasteiger partial charge in [-0.2, -0.15) is 12.1 Å². The normalized spacial score (nSPS) is 10.9. The van der Waals surface area contributed by atoms with Gasteiger partial charge in [0.1, 0.15) is 0 Å². The van der Waals surface area contributed by atoms with Crippen molar-refractivity contribution in [1.29, 1.82) is 0 Å². The van der Waals surface area contributed by atoms with Crippen molar-refractivity contribution in [3.63, 3.8) is 0 Å². The molecule has 50 heavy (non-hydrogen) atoms. The van der Waals surface area contributed by atoms with Crippen LogP contribution in [0.15, 0.2) is 140 Å². The van der Waals surface area contributed by atoms with E-state index in [4.69, 9.17) is 17.0 Å². The summed E-state index contributed by atoms with van der Waals surface area (Å²) in [7, 11) is 9.66. The second-order valence-corrected chi connectivity index (χ2v) is 23.5. The molecule has 250 valence electrons. The summed E-state index contributed by atoms with van der Waals surface area (Å²) in [5.74, 6) is 0. The standard InChI is InChI=1S/C22H21Si.C21H17.C2H6Si.2ClH.Zr/c1-23(2,3)18-14-17-10-7-13-21(22(17)15-18)20-12-6-9-16-8-4-5-11-19(16)20;1-14-12-20-15(2)10-11-19(21(20)13-14)18-9-5-7-16-6-3-4-8-17(16)18;1-3-2;;;/h4-15H,1-3H3;3-13H,1-2H3;1-2H3;2*1H;/q2*-1;;;;+4/p-2. The second kappa shape index (κ2) is 17.5. The number of hydrogen-bond acceptors (Lipinski definition) is 0. The molecule has 8 aromatic rings. The molecule has 0 saturated carbocycles. The summed E-state index contributed by atoms with van der Waals surface area (Å²) in [5, 5.41) is 12.3. The fourth-order valence-corrected chi connectivity index (χ4v) is 7.81. The molecule has 0 atom stereocenters. The molecule has 0 fully saturated rings. The third kappa shape index (κ3) is 8.69. The zero-order chi connectivity index (χ0) is 35.8. The molecule has 0 aliphatic rings. The molecule has 0 bridgehead atoms. The molecule has 0 heterocycles. The first-order valence-corrected chi connectivity index (χ1v) is 28.8. The number of aryl methyl sites for hydroxylation is 2. The average molecular weight is 803 g/mol. The van der Waals surface area contributed by atoms with Crippen LogP contribution in [0.5, 0.6) is 0 Å². The fourth-order valence-electron chi connectivity index (χ4n) is 6.65. The van der Waals surface area contributed by atoms with E-state index >= 15 is 0 Å². The van der Waals surface area contributed by atoms with E-state index < -0.39 is 28.9 Å². The van der Waals surface area contributed by atoms with Crippen LogP contribution in [-0.4, -0.2) is 17.6 Å². The summed E-state index contributed by atoms with van der Waals surface area (Å²) in [6, 6.07) is 51.1. The Hall–Kier alpha value is -3.04. The van der Waals surface area contributed by atoms with Crippen molar-refractivity contribution < 1.29 is 20.8 Å². The van der Waals surface area contributed by atoms with E-state index in [0.29, 0.717) is 0 Å². The maximum absolute atomic E-state index is 4.93. The van der Waals surface area contributed by atoms with Gasteiger partial charge in [-0.3, -0.25) is 0 Å². The van der Waals surface area contributed by atoms with Crippen LogP contribution in [0.1, 0.15) is 11.1 Å². The summed E-state index contributed by atoms with van der Waals surface area (Å²) in [4.78, 5) is 0. The van der Waals surface area contributed by atoms with Gasteiger partial charge in [-0.1, -0.05) is 155 Å². The number of fused-ring (bicyclic) bond motifs is 4. The summed E-state index contributed by atoms with van der Waals surface area (Å²) in [6.45, 7) is 15.9. The van der Waals surface area contributed by atoms with E-state index in [9.17, 15) is 0 Å². The Labute approximate surface area is 320 Å². The van der Waals surface area contributed by atoms with Crippen LogP contribution in [-0.2, 0) is 20.8 Å². The van der Waals surface area contributed by atoms with E-state index in [1.807, 2.05) is 0 Å². The molecular formula is C45H44Cl2Si2Zr. The predicted molar refractivity (Wildman–Crippen MR) is 227 cm³/mol. The van der Waals surface area contributed by atoms with Gasteiger partial charge >= 0.3 is 37.9 Å². The van der Waals surface area contributed by atoms with Crippen LogP contribution < -0.4 is 5.19 Å². The molecule has 0 unspecified atom stereocenters. The first-order valence-electron chi connectivity index (χ1n) is 17.0. The summed E-state index contributed by atoms with van der Waals surface area (Å²) >= 11 is -0.826. The second-order valence-electron chi connectivity index (χ2n) is 13.7. The molecule has 0 aliphatic carbocycles. The number of rotatable bonds is 3. The van der Waals surface area contributed by atoms with Crippen molar-refractivity contribution in [2.24, 2.45) is 0 Å². The molecule has 8 rings (SSSR count). The topological polar surface area (TPSA) is 0 Å². The molecule has 0 aliphatic heterocycles. The molecule has 5 heteroatoms.